The lowest BCUT2D eigenvalue weighted by molar-refractivity contribution is -0.122. The Kier molecular flexibility index (Phi) is 4.18. The van der Waals surface area contributed by atoms with E-state index in [9.17, 15) is 9.90 Å². The highest BCUT2D eigenvalue weighted by molar-refractivity contribution is 5.83. The highest BCUT2D eigenvalue weighted by atomic mass is 16.3. The molecule has 2 unspecified atom stereocenters. The quantitative estimate of drug-likeness (QED) is 0.801. The fourth-order valence-corrected chi connectivity index (χ4v) is 2.72. The fourth-order valence-electron chi connectivity index (χ4n) is 2.72. The SMILES string of the molecule is O=C1CCC(NCC(O)c2ccc3ccccc3c2)CN1. The van der Waals surface area contributed by atoms with Crippen molar-refractivity contribution in [3.8, 4) is 0 Å². The molecule has 1 amide bonds. The monoisotopic (exact) mass is 284 g/mol. The number of hydrogen-bond donors (Lipinski definition) is 3. The first-order chi connectivity index (χ1) is 10.2. The van der Waals surface area contributed by atoms with Gasteiger partial charge in [0.05, 0.1) is 6.10 Å². The van der Waals surface area contributed by atoms with Gasteiger partial charge >= 0.3 is 0 Å². The first-order valence-electron chi connectivity index (χ1n) is 7.39. The van der Waals surface area contributed by atoms with Crippen LogP contribution >= 0.6 is 0 Å². The van der Waals surface area contributed by atoms with E-state index in [-0.39, 0.29) is 11.9 Å². The Balaban J connectivity index is 1.61. The molecule has 1 heterocycles. The average molecular weight is 284 g/mol. The van der Waals surface area contributed by atoms with Gasteiger partial charge in [0.2, 0.25) is 5.91 Å². The molecule has 4 nitrogen and oxygen atoms in total. The first-order valence-corrected chi connectivity index (χ1v) is 7.39. The Morgan fingerprint density at radius 2 is 2.05 bits per heavy atom. The summed E-state index contributed by atoms with van der Waals surface area (Å²) in [5.74, 6) is 0.114. The molecule has 0 aliphatic carbocycles. The summed E-state index contributed by atoms with van der Waals surface area (Å²) in [6, 6.07) is 14.4. The highest BCUT2D eigenvalue weighted by Gasteiger charge is 2.18. The lowest BCUT2D eigenvalue weighted by atomic mass is 10.0. The maximum Gasteiger partial charge on any atom is 0.220 e. The molecule has 0 spiro atoms. The molecule has 2 aromatic rings. The maximum absolute atomic E-state index is 11.1. The zero-order valence-electron chi connectivity index (χ0n) is 11.9. The van der Waals surface area contributed by atoms with Crippen LogP contribution in [0, 0.1) is 0 Å². The summed E-state index contributed by atoms with van der Waals surface area (Å²) in [6.07, 6.45) is 0.854. The molecule has 0 radical (unpaired) electrons. The molecule has 2 atom stereocenters. The number of fused-ring (bicyclic) bond motifs is 1. The average Bonchev–Trinajstić information content (AvgIpc) is 2.53. The van der Waals surface area contributed by atoms with E-state index in [1.807, 2.05) is 30.3 Å². The summed E-state index contributed by atoms with van der Waals surface area (Å²) in [6.45, 7) is 1.14. The Morgan fingerprint density at radius 3 is 2.81 bits per heavy atom. The van der Waals surface area contributed by atoms with Gasteiger partial charge in [-0.3, -0.25) is 4.79 Å². The molecule has 0 saturated carbocycles. The first kappa shape index (κ1) is 14.0. The molecule has 3 rings (SSSR count). The van der Waals surface area contributed by atoms with Gasteiger partial charge in [-0.15, -0.1) is 0 Å². The molecule has 0 aromatic heterocycles. The standard InChI is InChI=1S/C17H20N2O2/c20-16(11-18-15-7-8-17(21)19-10-15)14-6-5-12-3-1-2-4-13(12)9-14/h1-6,9,15-16,18,20H,7-8,10-11H2,(H,19,21). The Labute approximate surface area is 124 Å². The number of benzene rings is 2. The van der Waals surface area contributed by atoms with Crippen LogP contribution in [0.1, 0.15) is 24.5 Å². The van der Waals surface area contributed by atoms with Gasteiger partial charge in [-0.1, -0.05) is 36.4 Å². The van der Waals surface area contributed by atoms with Crippen LogP contribution in [0.2, 0.25) is 0 Å². The molecule has 4 heteroatoms. The third kappa shape index (κ3) is 3.40. The van der Waals surface area contributed by atoms with Crippen molar-refractivity contribution >= 4 is 16.7 Å². The number of piperidine rings is 1. The molecule has 1 aliphatic heterocycles. The van der Waals surface area contributed by atoms with Crippen LogP contribution < -0.4 is 10.6 Å². The van der Waals surface area contributed by atoms with Crippen LogP contribution in [0.3, 0.4) is 0 Å². The normalized spacial score (nSPS) is 20.2. The number of carbonyl (C=O) groups is 1. The number of carbonyl (C=O) groups excluding carboxylic acids is 1. The smallest absolute Gasteiger partial charge is 0.220 e. The second-order valence-corrected chi connectivity index (χ2v) is 5.57. The van der Waals surface area contributed by atoms with Crippen LogP contribution in [0.15, 0.2) is 42.5 Å². The minimum absolute atomic E-state index is 0.114. The highest BCUT2D eigenvalue weighted by Crippen LogP contribution is 2.20. The zero-order valence-corrected chi connectivity index (χ0v) is 11.9. The molecule has 1 fully saturated rings. The maximum atomic E-state index is 11.1. The van der Waals surface area contributed by atoms with Crippen LogP contribution in [-0.4, -0.2) is 30.1 Å². The lowest BCUT2D eigenvalue weighted by Crippen LogP contribution is -2.46. The Bertz CT molecular complexity index is 631. The van der Waals surface area contributed by atoms with Crippen LogP contribution in [0.25, 0.3) is 10.8 Å². The van der Waals surface area contributed by atoms with Gasteiger partial charge < -0.3 is 15.7 Å². The van der Waals surface area contributed by atoms with Gasteiger partial charge in [-0.2, -0.15) is 0 Å². The summed E-state index contributed by atoms with van der Waals surface area (Å²) in [4.78, 5) is 11.1. The van der Waals surface area contributed by atoms with Crippen LogP contribution in [0.5, 0.6) is 0 Å². The van der Waals surface area contributed by atoms with E-state index in [1.165, 1.54) is 5.39 Å². The van der Waals surface area contributed by atoms with E-state index in [0.29, 0.717) is 19.5 Å². The van der Waals surface area contributed by atoms with E-state index < -0.39 is 6.10 Å². The molecular formula is C17H20N2O2. The van der Waals surface area contributed by atoms with Gasteiger partial charge in [-0.05, 0) is 28.8 Å². The summed E-state index contributed by atoms with van der Waals surface area (Å²) in [5.41, 5.74) is 0.918. The van der Waals surface area contributed by atoms with E-state index in [0.717, 1.165) is 17.4 Å². The van der Waals surface area contributed by atoms with Crippen molar-refractivity contribution in [1.82, 2.24) is 10.6 Å². The largest absolute Gasteiger partial charge is 0.387 e. The van der Waals surface area contributed by atoms with Crippen molar-refractivity contribution in [2.24, 2.45) is 0 Å². The third-order valence-electron chi connectivity index (χ3n) is 4.02. The number of aliphatic hydroxyl groups is 1. The number of rotatable bonds is 4. The fraction of sp³-hybridized carbons (Fsp3) is 0.353. The Hall–Kier alpha value is -1.91. The predicted molar refractivity (Wildman–Crippen MR) is 82.9 cm³/mol. The second kappa shape index (κ2) is 6.24. The number of amides is 1. The summed E-state index contributed by atoms with van der Waals surface area (Å²) in [5, 5.41) is 18.8. The Morgan fingerprint density at radius 1 is 1.24 bits per heavy atom. The van der Waals surface area contributed by atoms with E-state index >= 15 is 0 Å². The number of aliphatic hydroxyl groups excluding tert-OH is 1. The number of nitrogens with one attached hydrogen (secondary N) is 2. The minimum Gasteiger partial charge on any atom is -0.387 e. The summed E-state index contributed by atoms with van der Waals surface area (Å²) < 4.78 is 0. The lowest BCUT2D eigenvalue weighted by Gasteiger charge is -2.25. The predicted octanol–water partition coefficient (Wildman–Crippen LogP) is 1.74. The van der Waals surface area contributed by atoms with Crippen molar-refractivity contribution in [3.63, 3.8) is 0 Å². The van der Waals surface area contributed by atoms with Crippen LogP contribution in [0.4, 0.5) is 0 Å². The molecule has 0 bridgehead atoms. The van der Waals surface area contributed by atoms with Crippen molar-refractivity contribution in [2.45, 2.75) is 25.0 Å². The van der Waals surface area contributed by atoms with Crippen molar-refractivity contribution in [2.75, 3.05) is 13.1 Å². The molecular weight excluding hydrogens is 264 g/mol. The third-order valence-corrected chi connectivity index (χ3v) is 4.02. The van der Waals surface area contributed by atoms with Crippen LogP contribution in [-0.2, 0) is 4.79 Å². The van der Waals surface area contributed by atoms with E-state index in [4.69, 9.17) is 0 Å². The van der Waals surface area contributed by atoms with Crippen molar-refractivity contribution < 1.29 is 9.90 Å². The molecule has 21 heavy (non-hydrogen) atoms. The molecule has 1 aliphatic rings. The number of hydrogen-bond acceptors (Lipinski definition) is 3. The second-order valence-electron chi connectivity index (χ2n) is 5.57. The minimum atomic E-state index is -0.535. The zero-order chi connectivity index (χ0) is 14.7. The summed E-state index contributed by atoms with van der Waals surface area (Å²) >= 11 is 0. The summed E-state index contributed by atoms with van der Waals surface area (Å²) in [7, 11) is 0. The van der Waals surface area contributed by atoms with Gasteiger partial charge in [0.25, 0.3) is 0 Å². The van der Waals surface area contributed by atoms with E-state index in [2.05, 4.69) is 22.8 Å². The topological polar surface area (TPSA) is 61.4 Å². The van der Waals surface area contributed by atoms with Gasteiger partial charge in [0.1, 0.15) is 0 Å². The van der Waals surface area contributed by atoms with Gasteiger partial charge in [-0.25, -0.2) is 0 Å². The van der Waals surface area contributed by atoms with Crippen molar-refractivity contribution in [3.05, 3.63) is 48.0 Å². The van der Waals surface area contributed by atoms with E-state index in [1.54, 1.807) is 0 Å². The van der Waals surface area contributed by atoms with Crippen molar-refractivity contribution in [1.29, 1.82) is 0 Å². The molecule has 1 saturated heterocycles. The van der Waals surface area contributed by atoms with Gasteiger partial charge in [0.15, 0.2) is 0 Å². The molecule has 110 valence electrons. The molecule has 3 N–H and O–H groups in total. The van der Waals surface area contributed by atoms with Gasteiger partial charge in [0, 0.05) is 25.6 Å². The molecule has 2 aromatic carbocycles.